The van der Waals surface area contributed by atoms with Gasteiger partial charge in [-0.05, 0) is 55.4 Å². The van der Waals surface area contributed by atoms with Crippen molar-refractivity contribution in [2.45, 2.75) is 26.2 Å². The van der Waals surface area contributed by atoms with Crippen molar-refractivity contribution in [3.05, 3.63) is 65.2 Å². The summed E-state index contributed by atoms with van der Waals surface area (Å²) in [5.41, 5.74) is 3.12. The largest absolute Gasteiger partial charge is 0.339 e. The SMILES string of the molecule is Cc1ccc(C(=O)N2CCC(Cc3ccccc3)CC2)cc1NS(C)(=O)=O. The molecule has 1 amide bonds. The zero-order valence-electron chi connectivity index (χ0n) is 15.8. The second-order valence-corrected chi connectivity index (χ2v) is 9.08. The summed E-state index contributed by atoms with van der Waals surface area (Å²) in [6.45, 7) is 3.29. The Labute approximate surface area is 161 Å². The molecule has 0 radical (unpaired) electrons. The molecule has 0 saturated carbocycles. The molecular weight excluding hydrogens is 360 g/mol. The fraction of sp³-hybridized carbons (Fsp3) is 0.381. The highest BCUT2D eigenvalue weighted by Crippen LogP contribution is 2.24. The highest BCUT2D eigenvalue weighted by molar-refractivity contribution is 7.92. The third-order valence-electron chi connectivity index (χ3n) is 5.05. The van der Waals surface area contributed by atoms with E-state index in [1.54, 1.807) is 18.2 Å². The molecular formula is C21H26N2O3S. The van der Waals surface area contributed by atoms with E-state index < -0.39 is 10.0 Å². The Morgan fingerprint density at radius 2 is 1.78 bits per heavy atom. The third-order valence-corrected chi connectivity index (χ3v) is 5.64. The number of sulfonamides is 1. The molecule has 1 saturated heterocycles. The summed E-state index contributed by atoms with van der Waals surface area (Å²) in [5.74, 6) is 0.557. The zero-order valence-corrected chi connectivity index (χ0v) is 16.6. The van der Waals surface area contributed by atoms with Crippen molar-refractivity contribution in [1.82, 2.24) is 4.90 Å². The van der Waals surface area contributed by atoms with E-state index in [9.17, 15) is 13.2 Å². The molecule has 0 bridgehead atoms. The van der Waals surface area contributed by atoms with Crippen LogP contribution in [-0.4, -0.2) is 38.6 Å². The average molecular weight is 387 g/mol. The molecule has 1 aliphatic rings. The van der Waals surface area contributed by atoms with Crippen LogP contribution in [0, 0.1) is 12.8 Å². The molecule has 0 atom stereocenters. The lowest BCUT2D eigenvalue weighted by atomic mass is 9.90. The molecule has 0 aliphatic carbocycles. The van der Waals surface area contributed by atoms with E-state index >= 15 is 0 Å². The summed E-state index contributed by atoms with van der Waals surface area (Å²) in [4.78, 5) is 14.7. The Balaban J connectivity index is 1.63. The number of nitrogens with zero attached hydrogens (tertiary/aromatic N) is 1. The van der Waals surface area contributed by atoms with Gasteiger partial charge in [-0.15, -0.1) is 0 Å². The number of aryl methyl sites for hydroxylation is 1. The second-order valence-electron chi connectivity index (χ2n) is 7.33. The van der Waals surface area contributed by atoms with Crippen LogP contribution in [0.1, 0.15) is 34.3 Å². The smallest absolute Gasteiger partial charge is 0.253 e. The van der Waals surface area contributed by atoms with Crippen LogP contribution < -0.4 is 4.72 Å². The third kappa shape index (κ3) is 5.32. The average Bonchev–Trinajstić information content (AvgIpc) is 2.63. The summed E-state index contributed by atoms with van der Waals surface area (Å²) in [6.07, 6.45) is 4.14. The van der Waals surface area contributed by atoms with Gasteiger partial charge in [0.25, 0.3) is 5.91 Å². The van der Waals surface area contributed by atoms with Gasteiger partial charge in [0, 0.05) is 18.7 Å². The topological polar surface area (TPSA) is 66.5 Å². The normalized spacial score (nSPS) is 15.6. The summed E-state index contributed by atoms with van der Waals surface area (Å²) in [7, 11) is -3.38. The molecule has 1 heterocycles. The summed E-state index contributed by atoms with van der Waals surface area (Å²) in [6, 6.07) is 15.6. The quantitative estimate of drug-likeness (QED) is 0.856. The number of carbonyl (C=O) groups is 1. The van der Waals surface area contributed by atoms with Crippen LogP contribution in [0.4, 0.5) is 5.69 Å². The first kappa shape index (κ1) is 19.4. The second kappa shape index (κ2) is 8.13. The van der Waals surface area contributed by atoms with Crippen molar-refractivity contribution >= 4 is 21.6 Å². The van der Waals surface area contributed by atoms with E-state index in [-0.39, 0.29) is 5.91 Å². The Bertz CT molecular complexity index is 902. The summed E-state index contributed by atoms with van der Waals surface area (Å²) >= 11 is 0. The van der Waals surface area contributed by atoms with Gasteiger partial charge >= 0.3 is 0 Å². The minimum absolute atomic E-state index is 0.0373. The van der Waals surface area contributed by atoms with Gasteiger partial charge < -0.3 is 4.90 Å². The van der Waals surface area contributed by atoms with Crippen molar-refractivity contribution in [2.75, 3.05) is 24.1 Å². The van der Waals surface area contributed by atoms with Gasteiger partial charge in [0.05, 0.1) is 11.9 Å². The first-order chi connectivity index (χ1) is 12.8. The highest BCUT2D eigenvalue weighted by Gasteiger charge is 2.24. The van der Waals surface area contributed by atoms with Crippen LogP contribution in [0.5, 0.6) is 0 Å². The lowest BCUT2D eigenvalue weighted by Crippen LogP contribution is -2.39. The fourth-order valence-electron chi connectivity index (χ4n) is 3.53. The number of carbonyl (C=O) groups excluding carboxylic acids is 1. The highest BCUT2D eigenvalue weighted by atomic mass is 32.2. The number of likely N-dealkylation sites (tertiary alicyclic amines) is 1. The maximum atomic E-state index is 12.8. The minimum atomic E-state index is -3.38. The van der Waals surface area contributed by atoms with Crippen LogP contribution in [-0.2, 0) is 16.4 Å². The first-order valence-corrected chi connectivity index (χ1v) is 11.1. The van der Waals surface area contributed by atoms with Crippen molar-refractivity contribution in [3.63, 3.8) is 0 Å². The molecule has 0 unspecified atom stereocenters. The predicted molar refractivity (Wildman–Crippen MR) is 108 cm³/mol. The standard InChI is InChI=1S/C21H26N2O3S/c1-16-8-9-19(15-20(16)22-27(2,25)26)21(24)23-12-10-18(11-13-23)14-17-6-4-3-5-7-17/h3-9,15,18,22H,10-14H2,1-2H3. The predicted octanol–water partition coefficient (Wildman–Crippen LogP) is 3.46. The number of piperidine rings is 1. The molecule has 0 spiro atoms. The molecule has 5 nitrogen and oxygen atoms in total. The maximum absolute atomic E-state index is 12.8. The van der Waals surface area contributed by atoms with Gasteiger partial charge in [0.2, 0.25) is 10.0 Å². The minimum Gasteiger partial charge on any atom is -0.339 e. The number of nitrogens with one attached hydrogen (secondary N) is 1. The molecule has 1 aliphatic heterocycles. The molecule has 6 heteroatoms. The van der Waals surface area contributed by atoms with Crippen LogP contribution in [0.15, 0.2) is 48.5 Å². The van der Waals surface area contributed by atoms with Crippen molar-refractivity contribution in [3.8, 4) is 0 Å². The van der Waals surface area contributed by atoms with E-state index in [0.717, 1.165) is 44.2 Å². The van der Waals surface area contributed by atoms with E-state index in [1.807, 2.05) is 17.9 Å². The molecule has 2 aromatic rings. The van der Waals surface area contributed by atoms with Gasteiger partial charge in [0.1, 0.15) is 0 Å². The molecule has 0 aromatic heterocycles. The molecule has 1 fully saturated rings. The lowest BCUT2D eigenvalue weighted by molar-refractivity contribution is 0.0690. The van der Waals surface area contributed by atoms with Gasteiger partial charge in [-0.3, -0.25) is 9.52 Å². The number of rotatable bonds is 5. The van der Waals surface area contributed by atoms with Crippen LogP contribution in [0.2, 0.25) is 0 Å². The summed E-state index contributed by atoms with van der Waals surface area (Å²) < 4.78 is 25.5. The van der Waals surface area contributed by atoms with E-state index in [0.29, 0.717) is 17.2 Å². The van der Waals surface area contributed by atoms with Gasteiger partial charge in [-0.2, -0.15) is 0 Å². The Morgan fingerprint density at radius 1 is 1.11 bits per heavy atom. The number of hydrogen-bond acceptors (Lipinski definition) is 3. The van der Waals surface area contributed by atoms with Crippen molar-refractivity contribution < 1.29 is 13.2 Å². The van der Waals surface area contributed by atoms with E-state index in [4.69, 9.17) is 0 Å². The maximum Gasteiger partial charge on any atom is 0.253 e. The van der Waals surface area contributed by atoms with Gasteiger partial charge in [-0.25, -0.2) is 8.42 Å². The fourth-order valence-corrected chi connectivity index (χ4v) is 4.15. The van der Waals surface area contributed by atoms with Crippen LogP contribution >= 0.6 is 0 Å². The molecule has 1 N–H and O–H groups in total. The van der Waals surface area contributed by atoms with Crippen molar-refractivity contribution in [2.24, 2.45) is 5.92 Å². The number of benzene rings is 2. The first-order valence-electron chi connectivity index (χ1n) is 9.23. The molecule has 3 rings (SSSR count). The van der Waals surface area contributed by atoms with Gasteiger partial charge in [-0.1, -0.05) is 36.4 Å². The Kier molecular flexibility index (Phi) is 5.85. The zero-order chi connectivity index (χ0) is 19.4. The molecule has 144 valence electrons. The van der Waals surface area contributed by atoms with E-state index in [2.05, 4.69) is 29.0 Å². The van der Waals surface area contributed by atoms with Crippen molar-refractivity contribution in [1.29, 1.82) is 0 Å². The number of hydrogen-bond donors (Lipinski definition) is 1. The summed E-state index contributed by atoms with van der Waals surface area (Å²) in [5, 5.41) is 0. The van der Waals surface area contributed by atoms with Gasteiger partial charge in [0.15, 0.2) is 0 Å². The Hall–Kier alpha value is -2.34. The Morgan fingerprint density at radius 3 is 2.41 bits per heavy atom. The van der Waals surface area contributed by atoms with Crippen LogP contribution in [0.25, 0.3) is 0 Å². The number of amides is 1. The molecule has 2 aromatic carbocycles. The van der Waals surface area contributed by atoms with Crippen LogP contribution in [0.3, 0.4) is 0 Å². The molecule has 27 heavy (non-hydrogen) atoms. The number of anilines is 1. The van der Waals surface area contributed by atoms with E-state index in [1.165, 1.54) is 5.56 Å². The monoisotopic (exact) mass is 386 g/mol. The lowest BCUT2D eigenvalue weighted by Gasteiger charge is -2.32.